The van der Waals surface area contributed by atoms with E-state index < -0.39 is 12.0 Å². The smallest absolute Gasteiger partial charge is 0.330 e. The predicted molar refractivity (Wildman–Crippen MR) is 128 cm³/mol. The van der Waals surface area contributed by atoms with Gasteiger partial charge in [0.05, 0.1) is 23.8 Å². The highest BCUT2D eigenvalue weighted by atomic mass is 16.4. The van der Waals surface area contributed by atoms with E-state index in [-0.39, 0.29) is 12.3 Å². The Morgan fingerprint density at radius 2 is 1.82 bits per heavy atom. The molecule has 0 saturated carbocycles. The van der Waals surface area contributed by atoms with Gasteiger partial charge >= 0.3 is 5.97 Å². The summed E-state index contributed by atoms with van der Waals surface area (Å²) < 4.78 is 0. The third-order valence-corrected chi connectivity index (χ3v) is 5.78. The predicted octanol–water partition coefficient (Wildman–Crippen LogP) is 3.37. The Balaban J connectivity index is 1.42. The van der Waals surface area contributed by atoms with Gasteiger partial charge in [0.15, 0.2) is 11.9 Å². The molecule has 2 aromatic heterocycles. The second-order valence-corrected chi connectivity index (χ2v) is 7.85. The van der Waals surface area contributed by atoms with Gasteiger partial charge in [0, 0.05) is 36.1 Å². The molecule has 1 aliphatic heterocycles. The number of carbonyl (C=O) groups excluding carboxylic acids is 1. The lowest BCUT2D eigenvalue weighted by molar-refractivity contribution is -0.139. The number of rotatable bonds is 6. The Labute approximate surface area is 195 Å². The van der Waals surface area contributed by atoms with Gasteiger partial charge in [-0.2, -0.15) is 0 Å². The summed E-state index contributed by atoms with van der Waals surface area (Å²) in [5.41, 5.74) is 3.65. The summed E-state index contributed by atoms with van der Waals surface area (Å²) in [5, 5.41) is 13.6. The number of aliphatic carboxylic acids is 1. The van der Waals surface area contributed by atoms with E-state index in [0.717, 1.165) is 27.7 Å². The van der Waals surface area contributed by atoms with Crippen LogP contribution in [0.5, 0.6) is 0 Å². The average molecular weight is 451 g/mol. The topological polar surface area (TPSA) is 108 Å². The fourth-order valence-corrected chi connectivity index (χ4v) is 4.24. The van der Waals surface area contributed by atoms with Crippen LogP contribution in [0.15, 0.2) is 85.5 Å². The van der Waals surface area contributed by atoms with E-state index in [9.17, 15) is 14.7 Å². The number of nitrogens with one attached hydrogen (secondary N) is 1. The van der Waals surface area contributed by atoms with E-state index in [1.807, 2.05) is 59.5 Å². The van der Waals surface area contributed by atoms with E-state index in [0.29, 0.717) is 17.9 Å². The lowest BCUT2D eigenvalue weighted by atomic mass is 9.92. The Morgan fingerprint density at radius 1 is 1.00 bits per heavy atom. The molecule has 1 amide bonds. The first kappa shape index (κ1) is 21.3. The maximum Gasteiger partial charge on any atom is 0.330 e. The Kier molecular flexibility index (Phi) is 5.70. The number of carboxylic acid groups (broad SMARTS) is 1. The molecule has 2 aromatic carbocycles. The molecule has 0 saturated heterocycles. The van der Waals surface area contributed by atoms with Gasteiger partial charge in [-0.15, -0.1) is 0 Å². The van der Waals surface area contributed by atoms with Crippen LogP contribution >= 0.6 is 0 Å². The zero-order valence-corrected chi connectivity index (χ0v) is 18.1. The number of amides is 1. The molecule has 8 nitrogen and oxygen atoms in total. The molecule has 2 N–H and O–H groups in total. The standard InChI is InChI=1S/C26H21N5O3/c32-24(15-17-9-11-28-21-7-3-1-5-18(17)21)30-25(26(33)34)20-10-14-31(23-16-27-12-13-29-23)22-8-4-2-6-19(20)22/h1-13,16,25H,14-15H2,(H,30,32)(H,33,34). The largest absolute Gasteiger partial charge is 0.479 e. The van der Waals surface area contributed by atoms with Crippen LogP contribution in [0.25, 0.3) is 16.5 Å². The van der Waals surface area contributed by atoms with Gasteiger partial charge in [-0.25, -0.2) is 9.78 Å². The monoisotopic (exact) mass is 451 g/mol. The van der Waals surface area contributed by atoms with Crippen molar-refractivity contribution in [2.24, 2.45) is 0 Å². The van der Waals surface area contributed by atoms with Crippen molar-refractivity contribution in [3.05, 3.63) is 96.6 Å². The van der Waals surface area contributed by atoms with Crippen molar-refractivity contribution in [3.8, 4) is 0 Å². The van der Waals surface area contributed by atoms with Crippen LogP contribution in [0, 0.1) is 0 Å². The zero-order valence-electron chi connectivity index (χ0n) is 18.1. The number of hydrogen-bond donors (Lipinski definition) is 2. The lowest BCUT2D eigenvalue weighted by Gasteiger charge is -2.31. The van der Waals surface area contributed by atoms with E-state index in [2.05, 4.69) is 20.3 Å². The summed E-state index contributed by atoms with van der Waals surface area (Å²) in [6.45, 7) is 0.402. The molecule has 4 aromatic rings. The van der Waals surface area contributed by atoms with Crippen molar-refractivity contribution in [1.29, 1.82) is 0 Å². The number of pyridine rings is 1. The SMILES string of the molecule is O=C(Cc1ccnc2ccccc12)NC(C(=O)O)C1=CCN(c2cnccn2)c2ccccc21. The van der Waals surface area contributed by atoms with Crippen molar-refractivity contribution in [3.63, 3.8) is 0 Å². The number of para-hydroxylation sites is 2. The summed E-state index contributed by atoms with van der Waals surface area (Å²) in [6.07, 6.45) is 8.39. The van der Waals surface area contributed by atoms with Crippen LogP contribution in [-0.2, 0) is 16.0 Å². The van der Waals surface area contributed by atoms with Crippen LogP contribution in [0.3, 0.4) is 0 Å². The highest BCUT2D eigenvalue weighted by molar-refractivity contribution is 6.00. The quantitative estimate of drug-likeness (QED) is 0.463. The first-order valence-electron chi connectivity index (χ1n) is 10.8. The summed E-state index contributed by atoms with van der Waals surface area (Å²) in [5.74, 6) is -0.842. The van der Waals surface area contributed by atoms with Crippen molar-refractivity contribution in [1.82, 2.24) is 20.3 Å². The molecule has 1 unspecified atom stereocenters. The number of carboxylic acids is 1. The van der Waals surface area contributed by atoms with E-state index >= 15 is 0 Å². The average Bonchev–Trinajstić information content (AvgIpc) is 2.87. The highest BCUT2D eigenvalue weighted by Crippen LogP contribution is 2.36. The van der Waals surface area contributed by atoms with Gasteiger partial charge in [-0.05, 0) is 29.3 Å². The summed E-state index contributed by atoms with van der Waals surface area (Å²) in [7, 11) is 0. The van der Waals surface area contributed by atoms with Crippen molar-refractivity contribution < 1.29 is 14.7 Å². The Hall–Kier alpha value is -4.59. The molecule has 3 heterocycles. The fourth-order valence-electron chi connectivity index (χ4n) is 4.24. The summed E-state index contributed by atoms with van der Waals surface area (Å²) >= 11 is 0. The van der Waals surface area contributed by atoms with Gasteiger partial charge in [0.2, 0.25) is 5.91 Å². The third kappa shape index (κ3) is 4.09. The number of nitrogens with zero attached hydrogens (tertiary/aromatic N) is 4. The molecule has 0 bridgehead atoms. The third-order valence-electron chi connectivity index (χ3n) is 5.78. The van der Waals surface area contributed by atoms with Crippen LogP contribution in [0.1, 0.15) is 11.1 Å². The van der Waals surface area contributed by atoms with E-state index in [4.69, 9.17) is 0 Å². The number of hydrogen-bond acceptors (Lipinski definition) is 6. The summed E-state index contributed by atoms with van der Waals surface area (Å²) in [4.78, 5) is 40.0. The van der Waals surface area contributed by atoms with Crippen molar-refractivity contribution in [2.75, 3.05) is 11.4 Å². The molecular weight excluding hydrogens is 430 g/mol. The van der Waals surface area contributed by atoms with Crippen LogP contribution in [-0.4, -0.2) is 44.5 Å². The zero-order chi connectivity index (χ0) is 23.5. The second kappa shape index (κ2) is 9.11. The van der Waals surface area contributed by atoms with Crippen LogP contribution in [0.2, 0.25) is 0 Å². The van der Waals surface area contributed by atoms with Gasteiger partial charge < -0.3 is 15.3 Å². The van der Waals surface area contributed by atoms with Crippen LogP contribution in [0.4, 0.5) is 11.5 Å². The van der Waals surface area contributed by atoms with Crippen LogP contribution < -0.4 is 10.2 Å². The lowest BCUT2D eigenvalue weighted by Crippen LogP contribution is -2.43. The molecule has 0 fully saturated rings. The van der Waals surface area contributed by atoms with Crippen molar-refractivity contribution >= 4 is 39.9 Å². The first-order chi connectivity index (χ1) is 16.6. The molecule has 34 heavy (non-hydrogen) atoms. The first-order valence-corrected chi connectivity index (χ1v) is 10.8. The van der Waals surface area contributed by atoms with E-state index in [1.165, 1.54) is 0 Å². The molecule has 0 aliphatic carbocycles. The maximum absolute atomic E-state index is 13.0. The van der Waals surface area contributed by atoms with Gasteiger partial charge in [0.25, 0.3) is 0 Å². The molecule has 8 heteroatoms. The fraction of sp³-hybridized carbons (Fsp3) is 0.115. The number of benzene rings is 2. The number of fused-ring (bicyclic) bond motifs is 2. The second-order valence-electron chi connectivity index (χ2n) is 7.85. The highest BCUT2D eigenvalue weighted by Gasteiger charge is 2.31. The molecular formula is C26H21N5O3. The van der Waals surface area contributed by atoms with E-state index in [1.54, 1.807) is 30.9 Å². The molecule has 0 spiro atoms. The molecule has 1 aliphatic rings. The maximum atomic E-state index is 13.0. The normalized spacial score (nSPS) is 13.6. The minimum Gasteiger partial charge on any atom is -0.479 e. The molecule has 5 rings (SSSR count). The van der Waals surface area contributed by atoms with Gasteiger partial charge in [0.1, 0.15) is 0 Å². The molecule has 1 atom stereocenters. The number of aromatic nitrogens is 3. The number of carbonyl (C=O) groups is 2. The van der Waals surface area contributed by atoms with Crippen molar-refractivity contribution in [2.45, 2.75) is 12.5 Å². The Morgan fingerprint density at radius 3 is 2.65 bits per heavy atom. The Bertz CT molecular complexity index is 1400. The molecule has 168 valence electrons. The number of anilines is 2. The minimum absolute atomic E-state index is 0.0491. The van der Waals surface area contributed by atoms with Gasteiger partial charge in [-0.3, -0.25) is 14.8 Å². The molecule has 0 radical (unpaired) electrons. The minimum atomic E-state index is -1.19. The van der Waals surface area contributed by atoms with Gasteiger partial charge in [-0.1, -0.05) is 42.5 Å². The summed E-state index contributed by atoms with van der Waals surface area (Å²) in [6, 6.07) is 15.6.